The molecule has 1 unspecified atom stereocenters. The molecule has 110 valence electrons. The van der Waals surface area contributed by atoms with Gasteiger partial charge < -0.3 is 15.7 Å². The number of aliphatic hydroxyl groups is 1. The van der Waals surface area contributed by atoms with Crippen LogP contribution in [0.15, 0.2) is 54.6 Å². The predicted octanol–water partition coefficient (Wildman–Crippen LogP) is 2.47. The van der Waals surface area contributed by atoms with Gasteiger partial charge in [0.25, 0.3) is 0 Å². The number of rotatable bonds is 6. The van der Waals surface area contributed by atoms with Crippen molar-refractivity contribution < 1.29 is 9.90 Å². The lowest BCUT2D eigenvalue weighted by molar-refractivity contribution is -0.114. The largest absolute Gasteiger partial charge is 0.394 e. The molecule has 4 heteroatoms. The van der Waals surface area contributed by atoms with Gasteiger partial charge in [-0.2, -0.15) is 0 Å². The fraction of sp³-hybridized carbons (Fsp3) is 0.235. The summed E-state index contributed by atoms with van der Waals surface area (Å²) in [5.74, 6) is -0.0855. The summed E-state index contributed by atoms with van der Waals surface area (Å²) in [4.78, 5) is 11.1. The minimum Gasteiger partial charge on any atom is -0.394 e. The van der Waals surface area contributed by atoms with Crippen molar-refractivity contribution in [3.05, 3.63) is 65.7 Å². The molecule has 2 aromatic rings. The van der Waals surface area contributed by atoms with Crippen molar-refractivity contribution in [2.45, 2.75) is 19.5 Å². The number of benzene rings is 2. The van der Waals surface area contributed by atoms with Gasteiger partial charge in [0.15, 0.2) is 0 Å². The monoisotopic (exact) mass is 284 g/mol. The molecular weight excluding hydrogens is 264 g/mol. The second-order valence-corrected chi connectivity index (χ2v) is 4.91. The van der Waals surface area contributed by atoms with Crippen LogP contribution < -0.4 is 10.6 Å². The summed E-state index contributed by atoms with van der Waals surface area (Å²) in [6.07, 6.45) is 0. The Balaban J connectivity index is 2.00. The highest BCUT2D eigenvalue weighted by atomic mass is 16.3. The lowest BCUT2D eigenvalue weighted by Crippen LogP contribution is -2.24. The maximum absolute atomic E-state index is 11.1. The summed E-state index contributed by atoms with van der Waals surface area (Å²) >= 11 is 0. The van der Waals surface area contributed by atoms with Crippen LogP contribution in [0.5, 0.6) is 0 Å². The summed E-state index contributed by atoms with van der Waals surface area (Å²) in [5.41, 5.74) is 2.88. The van der Waals surface area contributed by atoms with E-state index >= 15 is 0 Å². The molecular formula is C17H20N2O2. The van der Waals surface area contributed by atoms with E-state index in [-0.39, 0.29) is 18.6 Å². The van der Waals surface area contributed by atoms with E-state index in [1.165, 1.54) is 6.92 Å². The molecule has 0 heterocycles. The van der Waals surface area contributed by atoms with Gasteiger partial charge in [0.2, 0.25) is 5.91 Å². The van der Waals surface area contributed by atoms with Crippen LogP contribution in [0.3, 0.4) is 0 Å². The van der Waals surface area contributed by atoms with Gasteiger partial charge in [-0.25, -0.2) is 0 Å². The summed E-state index contributed by atoms with van der Waals surface area (Å²) in [7, 11) is 0. The Bertz CT molecular complexity index is 584. The Morgan fingerprint density at radius 2 is 1.90 bits per heavy atom. The van der Waals surface area contributed by atoms with Crippen molar-refractivity contribution >= 4 is 11.6 Å². The molecule has 21 heavy (non-hydrogen) atoms. The van der Waals surface area contributed by atoms with E-state index in [4.69, 9.17) is 0 Å². The third kappa shape index (κ3) is 4.70. The number of nitrogens with one attached hydrogen (secondary N) is 2. The molecule has 2 aromatic carbocycles. The lowest BCUT2D eigenvalue weighted by Gasteiger charge is -2.17. The van der Waals surface area contributed by atoms with Crippen LogP contribution >= 0.6 is 0 Å². The topological polar surface area (TPSA) is 61.4 Å². The Labute approximate surface area is 124 Å². The molecule has 3 N–H and O–H groups in total. The number of aliphatic hydroxyl groups excluding tert-OH is 1. The van der Waals surface area contributed by atoms with Crippen molar-refractivity contribution in [1.82, 2.24) is 5.32 Å². The Morgan fingerprint density at radius 3 is 2.57 bits per heavy atom. The van der Waals surface area contributed by atoms with Crippen molar-refractivity contribution in [3.8, 4) is 0 Å². The first kappa shape index (κ1) is 15.2. The van der Waals surface area contributed by atoms with E-state index in [0.29, 0.717) is 6.54 Å². The van der Waals surface area contributed by atoms with Crippen molar-refractivity contribution in [2.24, 2.45) is 0 Å². The summed E-state index contributed by atoms with van der Waals surface area (Å²) in [5, 5.41) is 15.6. The first-order valence-electron chi connectivity index (χ1n) is 6.95. The van der Waals surface area contributed by atoms with E-state index in [9.17, 15) is 9.90 Å². The van der Waals surface area contributed by atoms with Gasteiger partial charge in [0.1, 0.15) is 0 Å². The lowest BCUT2D eigenvalue weighted by atomic mass is 10.1. The molecule has 1 amide bonds. The molecule has 0 aliphatic carbocycles. The summed E-state index contributed by atoms with van der Waals surface area (Å²) in [6, 6.07) is 17.4. The van der Waals surface area contributed by atoms with Crippen LogP contribution in [0.4, 0.5) is 5.69 Å². The number of anilines is 1. The molecule has 0 aliphatic heterocycles. The van der Waals surface area contributed by atoms with Gasteiger partial charge in [0, 0.05) is 19.2 Å². The minimum atomic E-state index is -0.101. The first-order chi connectivity index (χ1) is 10.2. The smallest absolute Gasteiger partial charge is 0.221 e. The van der Waals surface area contributed by atoms with E-state index < -0.39 is 0 Å². The van der Waals surface area contributed by atoms with Crippen molar-refractivity contribution in [3.63, 3.8) is 0 Å². The SMILES string of the molecule is CC(=O)Nc1cccc(CNC(CO)c2ccccc2)c1. The van der Waals surface area contributed by atoms with Crippen LogP contribution in [0.25, 0.3) is 0 Å². The van der Waals surface area contributed by atoms with Gasteiger partial charge in [-0.05, 0) is 23.3 Å². The number of hydrogen-bond donors (Lipinski definition) is 3. The number of hydrogen-bond acceptors (Lipinski definition) is 3. The van der Waals surface area contributed by atoms with E-state index in [1.807, 2.05) is 54.6 Å². The normalized spacial score (nSPS) is 11.9. The molecule has 0 bridgehead atoms. The highest BCUT2D eigenvalue weighted by Crippen LogP contribution is 2.14. The van der Waals surface area contributed by atoms with E-state index in [0.717, 1.165) is 16.8 Å². The molecule has 2 rings (SSSR count). The molecule has 4 nitrogen and oxygen atoms in total. The van der Waals surface area contributed by atoms with Crippen molar-refractivity contribution in [1.29, 1.82) is 0 Å². The number of amides is 1. The van der Waals surface area contributed by atoms with Crippen LogP contribution in [-0.4, -0.2) is 17.6 Å². The van der Waals surface area contributed by atoms with Gasteiger partial charge in [-0.15, -0.1) is 0 Å². The zero-order chi connectivity index (χ0) is 15.1. The van der Waals surface area contributed by atoms with Crippen LogP contribution in [0.2, 0.25) is 0 Å². The van der Waals surface area contributed by atoms with Gasteiger partial charge >= 0.3 is 0 Å². The maximum Gasteiger partial charge on any atom is 0.221 e. The van der Waals surface area contributed by atoms with Gasteiger partial charge in [-0.3, -0.25) is 4.79 Å². The molecule has 0 saturated carbocycles. The number of carbonyl (C=O) groups excluding carboxylic acids is 1. The highest BCUT2D eigenvalue weighted by Gasteiger charge is 2.09. The second-order valence-electron chi connectivity index (χ2n) is 4.91. The Kier molecular flexibility index (Phi) is 5.49. The fourth-order valence-corrected chi connectivity index (χ4v) is 2.18. The zero-order valence-electron chi connectivity index (χ0n) is 12.0. The van der Waals surface area contributed by atoms with Crippen LogP contribution in [-0.2, 0) is 11.3 Å². The fourth-order valence-electron chi connectivity index (χ4n) is 2.18. The molecule has 0 radical (unpaired) electrons. The third-order valence-electron chi connectivity index (χ3n) is 3.18. The first-order valence-corrected chi connectivity index (χ1v) is 6.95. The van der Waals surface area contributed by atoms with Gasteiger partial charge in [0.05, 0.1) is 12.6 Å². The average Bonchev–Trinajstić information content (AvgIpc) is 2.49. The molecule has 0 aromatic heterocycles. The molecule has 0 fully saturated rings. The zero-order valence-corrected chi connectivity index (χ0v) is 12.0. The molecule has 0 saturated heterocycles. The standard InChI is InChI=1S/C17H20N2O2/c1-13(21)19-16-9-5-6-14(10-16)11-18-17(12-20)15-7-3-2-4-8-15/h2-10,17-18,20H,11-12H2,1H3,(H,19,21). The van der Waals surface area contributed by atoms with Crippen LogP contribution in [0.1, 0.15) is 24.1 Å². The third-order valence-corrected chi connectivity index (χ3v) is 3.18. The summed E-state index contributed by atoms with van der Waals surface area (Å²) in [6.45, 7) is 2.14. The van der Waals surface area contributed by atoms with Gasteiger partial charge in [-0.1, -0.05) is 42.5 Å². The highest BCUT2D eigenvalue weighted by molar-refractivity contribution is 5.88. The van der Waals surface area contributed by atoms with E-state index in [1.54, 1.807) is 0 Å². The second kappa shape index (κ2) is 7.57. The Hall–Kier alpha value is -2.17. The van der Waals surface area contributed by atoms with Crippen molar-refractivity contribution in [2.75, 3.05) is 11.9 Å². The predicted molar refractivity (Wildman–Crippen MR) is 83.9 cm³/mol. The molecule has 0 aliphatic rings. The van der Waals surface area contributed by atoms with E-state index in [2.05, 4.69) is 10.6 Å². The number of carbonyl (C=O) groups is 1. The quantitative estimate of drug-likeness (QED) is 0.763. The minimum absolute atomic E-state index is 0.0371. The molecule has 1 atom stereocenters. The summed E-state index contributed by atoms with van der Waals surface area (Å²) < 4.78 is 0. The molecule has 0 spiro atoms. The van der Waals surface area contributed by atoms with Crippen LogP contribution in [0, 0.1) is 0 Å². The Morgan fingerprint density at radius 1 is 1.14 bits per heavy atom. The average molecular weight is 284 g/mol. The maximum atomic E-state index is 11.1.